The molecule has 0 spiro atoms. The molecule has 0 aliphatic carbocycles. The quantitative estimate of drug-likeness (QED) is 0.862. The van der Waals surface area contributed by atoms with E-state index in [0.717, 1.165) is 0 Å². The zero-order valence-corrected chi connectivity index (χ0v) is 12.6. The SMILES string of the molecule is COC(=O)c1nc(-c2ccc(C)c(F)c2C)cc(N)c1Cl. The first kappa shape index (κ1) is 15.3. The molecule has 0 saturated carbocycles. The molecule has 0 unspecified atom stereocenters. The Morgan fingerprint density at radius 3 is 2.67 bits per heavy atom. The minimum atomic E-state index is -0.696. The summed E-state index contributed by atoms with van der Waals surface area (Å²) in [6.07, 6.45) is 0. The van der Waals surface area contributed by atoms with E-state index in [0.29, 0.717) is 22.4 Å². The molecule has 1 heterocycles. The number of nitrogens with zero attached hydrogens (tertiary/aromatic N) is 1. The molecule has 2 rings (SSSR count). The minimum Gasteiger partial charge on any atom is -0.464 e. The van der Waals surface area contributed by atoms with Crippen molar-refractivity contribution < 1.29 is 13.9 Å². The third-order valence-electron chi connectivity index (χ3n) is 3.22. The largest absolute Gasteiger partial charge is 0.464 e. The van der Waals surface area contributed by atoms with Crippen molar-refractivity contribution in [1.82, 2.24) is 4.98 Å². The second-order valence-electron chi connectivity index (χ2n) is 4.62. The molecule has 1 aromatic carbocycles. The number of methoxy groups -OCH3 is 1. The molecule has 0 aliphatic rings. The molecule has 110 valence electrons. The smallest absolute Gasteiger partial charge is 0.358 e. The van der Waals surface area contributed by atoms with Gasteiger partial charge in [-0.3, -0.25) is 0 Å². The fourth-order valence-electron chi connectivity index (χ4n) is 2.02. The maximum Gasteiger partial charge on any atom is 0.358 e. The number of rotatable bonds is 2. The summed E-state index contributed by atoms with van der Waals surface area (Å²) >= 11 is 5.96. The Balaban J connectivity index is 2.68. The van der Waals surface area contributed by atoms with E-state index < -0.39 is 5.97 Å². The number of nitrogen functional groups attached to an aromatic ring is 1. The summed E-state index contributed by atoms with van der Waals surface area (Å²) in [6, 6.07) is 4.87. The van der Waals surface area contributed by atoms with Gasteiger partial charge in [0.2, 0.25) is 0 Å². The van der Waals surface area contributed by atoms with Crippen molar-refractivity contribution >= 4 is 23.3 Å². The second kappa shape index (κ2) is 5.69. The first-order valence-corrected chi connectivity index (χ1v) is 6.55. The number of halogens is 2. The Kier molecular flexibility index (Phi) is 4.14. The Labute approximate surface area is 126 Å². The summed E-state index contributed by atoms with van der Waals surface area (Å²) in [7, 11) is 1.22. The highest BCUT2D eigenvalue weighted by Crippen LogP contribution is 2.31. The van der Waals surface area contributed by atoms with Crippen LogP contribution in [0.1, 0.15) is 21.6 Å². The van der Waals surface area contributed by atoms with Crippen molar-refractivity contribution in [3.8, 4) is 11.3 Å². The zero-order valence-electron chi connectivity index (χ0n) is 11.8. The highest BCUT2D eigenvalue weighted by molar-refractivity contribution is 6.35. The van der Waals surface area contributed by atoms with Gasteiger partial charge in [-0.1, -0.05) is 23.7 Å². The van der Waals surface area contributed by atoms with Crippen LogP contribution < -0.4 is 5.73 Å². The summed E-state index contributed by atoms with van der Waals surface area (Å²) in [5.41, 5.74) is 7.77. The van der Waals surface area contributed by atoms with E-state index in [9.17, 15) is 9.18 Å². The highest BCUT2D eigenvalue weighted by atomic mass is 35.5. The van der Waals surface area contributed by atoms with Gasteiger partial charge in [0.1, 0.15) is 5.82 Å². The molecular formula is C15H14ClFN2O2. The molecule has 0 saturated heterocycles. The predicted octanol–water partition coefficient (Wildman–Crippen LogP) is 3.53. The molecule has 0 amide bonds. The fourth-order valence-corrected chi connectivity index (χ4v) is 2.19. The molecule has 4 nitrogen and oxygen atoms in total. The lowest BCUT2D eigenvalue weighted by Gasteiger charge is -2.11. The number of hydrogen-bond donors (Lipinski definition) is 1. The van der Waals surface area contributed by atoms with Crippen LogP contribution >= 0.6 is 11.6 Å². The molecule has 0 fully saturated rings. The lowest BCUT2D eigenvalue weighted by Crippen LogP contribution is -2.08. The van der Waals surface area contributed by atoms with Gasteiger partial charge in [-0.05, 0) is 31.0 Å². The monoisotopic (exact) mass is 308 g/mol. The molecule has 0 aliphatic heterocycles. The fraction of sp³-hybridized carbons (Fsp3) is 0.200. The number of hydrogen-bond acceptors (Lipinski definition) is 4. The summed E-state index contributed by atoms with van der Waals surface area (Å²) in [4.78, 5) is 15.8. The van der Waals surface area contributed by atoms with E-state index in [1.165, 1.54) is 13.2 Å². The maximum absolute atomic E-state index is 14.0. The third-order valence-corrected chi connectivity index (χ3v) is 3.62. The number of benzene rings is 1. The van der Waals surface area contributed by atoms with E-state index in [-0.39, 0.29) is 22.2 Å². The van der Waals surface area contributed by atoms with Crippen LogP contribution in [0.15, 0.2) is 18.2 Å². The van der Waals surface area contributed by atoms with Gasteiger partial charge in [-0.2, -0.15) is 0 Å². The van der Waals surface area contributed by atoms with E-state index in [2.05, 4.69) is 9.72 Å². The number of nitrogens with two attached hydrogens (primary N) is 1. The molecular weight excluding hydrogens is 295 g/mol. The van der Waals surface area contributed by atoms with Crippen molar-refractivity contribution in [2.45, 2.75) is 13.8 Å². The van der Waals surface area contributed by atoms with Gasteiger partial charge in [0.15, 0.2) is 5.69 Å². The summed E-state index contributed by atoms with van der Waals surface area (Å²) < 4.78 is 18.6. The third kappa shape index (κ3) is 2.69. The van der Waals surface area contributed by atoms with Crippen LogP contribution in [0.5, 0.6) is 0 Å². The molecule has 0 atom stereocenters. The molecule has 1 aromatic heterocycles. The number of ether oxygens (including phenoxy) is 1. The van der Waals surface area contributed by atoms with Crippen LogP contribution in [0, 0.1) is 19.7 Å². The number of carbonyl (C=O) groups is 1. The van der Waals surface area contributed by atoms with Crippen LogP contribution in [-0.4, -0.2) is 18.1 Å². The van der Waals surface area contributed by atoms with Crippen molar-refractivity contribution in [3.05, 3.63) is 45.9 Å². The normalized spacial score (nSPS) is 10.5. The first-order chi connectivity index (χ1) is 9.86. The predicted molar refractivity (Wildman–Crippen MR) is 79.9 cm³/mol. The maximum atomic E-state index is 14.0. The minimum absolute atomic E-state index is 0.0239. The number of esters is 1. The number of aromatic nitrogens is 1. The Bertz CT molecular complexity index is 732. The molecule has 21 heavy (non-hydrogen) atoms. The number of pyridine rings is 1. The van der Waals surface area contributed by atoms with Crippen molar-refractivity contribution in [2.75, 3.05) is 12.8 Å². The van der Waals surface area contributed by atoms with Crippen molar-refractivity contribution in [2.24, 2.45) is 0 Å². The van der Waals surface area contributed by atoms with E-state index in [1.807, 2.05) is 0 Å². The number of aryl methyl sites for hydroxylation is 1. The lowest BCUT2D eigenvalue weighted by molar-refractivity contribution is 0.0594. The standard InChI is InChI=1S/C15H14ClFN2O2/c1-7-4-5-9(8(2)13(7)17)11-6-10(18)12(16)14(19-11)15(20)21-3/h4-6H,1-3H3,(H2,18,19). The topological polar surface area (TPSA) is 65.2 Å². The average Bonchev–Trinajstić information content (AvgIpc) is 2.47. The van der Waals surface area contributed by atoms with E-state index >= 15 is 0 Å². The lowest BCUT2D eigenvalue weighted by atomic mass is 10.0. The van der Waals surface area contributed by atoms with Gasteiger partial charge in [0.05, 0.1) is 23.5 Å². The van der Waals surface area contributed by atoms with Crippen LogP contribution in [-0.2, 0) is 4.74 Å². The zero-order chi connectivity index (χ0) is 15.7. The van der Waals surface area contributed by atoms with Gasteiger partial charge in [0.25, 0.3) is 0 Å². The molecule has 6 heteroatoms. The Morgan fingerprint density at radius 2 is 2.05 bits per heavy atom. The van der Waals surface area contributed by atoms with Gasteiger partial charge in [0, 0.05) is 5.56 Å². The average molecular weight is 309 g/mol. The Hall–Kier alpha value is -2.14. The first-order valence-electron chi connectivity index (χ1n) is 6.17. The molecule has 2 N–H and O–H groups in total. The second-order valence-corrected chi connectivity index (χ2v) is 5.00. The highest BCUT2D eigenvalue weighted by Gasteiger charge is 2.19. The molecule has 2 aromatic rings. The van der Waals surface area contributed by atoms with Gasteiger partial charge < -0.3 is 10.5 Å². The number of anilines is 1. The summed E-state index contributed by atoms with van der Waals surface area (Å²) in [5, 5.41) is 0.0239. The van der Waals surface area contributed by atoms with Gasteiger partial charge >= 0.3 is 5.97 Å². The summed E-state index contributed by atoms with van der Waals surface area (Å²) in [5.74, 6) is -1.01. The van der Waals surface area contributed by atoms with Crippen LogP contribution in [0.2, 0.25) is 5.02 Å². The van der Waals surface area contributed by atoms with E-state index in [4.69, 9.17) is 17.3 Å². The molecule has 0 bridgehead atoms. The van der Waals surface area contributed by atoms with Crippen LogP contribution in [0.4, 0.5) is 10.1 Å². The van der Waals surface area contributed by atoms with Crippen molar-refractivity contribution in [3.63, 3.8) is 0 Å². The van der Waals surface area contributed by atoms with Crippen molar-refractivity contribution in [1.29, 1.82) is 0 Å². The van der Waals surface area contributed by atoms with Crippen LogP contribution in [0.25, 0.3) is 11.3 Å². The van der Waals surface area contributed by atoms with Crippen LogP contribution in [0.3, 0.4) is 0 Å². The van der Waals surface area contributed by atoms with Gasteiger partial charge in [-0.15, -0.1) is 0 Å². The molecule has 0 radical (unpaired) electrons. The van der Waals surface area contributed by atoms with Gasteiger partial charge in [-0.25, -0.2) is 14.2 Å². The number of carbonyl (C=O) groups excluding carboxylic acids is 1. The summed E-state index contributed by atoms with van der Waals surface area (Å²) in [6.45, 7) is 3.32. The van der Waals surface area contributed by atoms with E-state index in [1.54, 1.807) is 26.0 Å². The Morgan fingerprint density at radius 1 is 1.38 bits per heavy atom.